The number of aromatic hydroxyl groups is 1. The summed E-state index contributed by atoms with van der Waals surface area (Å²) in [5.41, 5.74) is 0.515. The van der Waals surface area contributed by atoms with Crippen LogP contribution >= 0.6 is 0 Å². The Kier molecular flexibility index (Phi) is 2.57. The highest BCUT2D eigenvalue weighted by atomic mass is 16.4. The summed E-state index contributed by atoms with van der Waals surface area (Å²) in [4.78, 5) is 25.7. The summed E-state index contributed by atoms with van der Waals surface area (Å²) in [5.74, 6) is -1.08. The highest BCUT2D eigenvalue weighted by molar-refractivity contribution is 5.93. The molecule has 0 spiro atoms. The zero-order valence-corrected chi connectivity index (χ0v) is 10.2. The van der Waals surface area contributed by atoms with Crippen molar-refractivity contribution in [3.63, 3.8) is 0 Å². The van der Waals surface area contributed by atoms with Crippen LogP contribution in [0.5, 0.6) is 5.75 Å². The summed E-state index contributed by atoms with van der Waals surface area (Å²) in [5, 5.41) is 19.1. The quantitative estimate of drug-likeness (QED) is 0.660. The minimum Gasteiger partial charge on any atom is -0.508 e. The average molecular weight is 270 g/mol. The van der Waals surface area contributed by atoms with Crippen molar-refractivity contribution in [2.75, 3.05) is 0 Å². The van der Waals surface area contributed by atoms with Crippen molar-refractivity contribution in [3.05, 3.63) is 58.5 Å². The SMILES string of the molecule is O=C(O)c1cc2ccc(=O)n(-c3cccc(O)c3)c2[nH]1. The summed E-state index contributed by atoms with van der Waals surface area (Å²) in [7, 11) is 0. The fraction of sp³-hybridized carbons (Fsp3) is 0. The summed E-state index contributed by atoms with van der Waals surface area (Å²) in [6.45, 7) is 0. The van der Waals surface area contributed by atoms with Crippen molar-refractivity contribution in [1.82, 2.24) is 9.55 Å². The van der Waals surface area contributed by atoms with Crippen molar-refractivity contribution in [1.29, 1.82) is 0 Å². The van der Waals surface area contributed by atoms with Crippen LogP contribution in [0.1, 0.15) is 10.5 Å². The Morgan fingerprint density at radius 2 is 1.95 bits per heavy atom. The van der Waals surface area contributed by atoms with Crippen molar-refractivity contribution in [2.45, 2.75) is 0 Å². The van der Waals surface area contributed by atoms with E-state index in [4.69, 9.17) is 5.11 Å². The monoisotopic (exact) mass is 270 g/mol. The predicted octanol–water partition coefficient (Wildman–Crippen LogP) is 1.72. The molecule has 3 aromatic rings. The Morgan fingerprint density at radius 1 is 1.15 bits per heavy atom. The van der Waals surface area contributed by atoms with Crippen LogP contribution in [0, 0.1) is 0 Å². The van der Waals surface area contributed by atoms with Gasteiger partial charge in [-0.05, 0) is 24.3 Å². The van der Waals surface area contributed by atoms with Crippen molar-refractivity contribution < 1.29 is 15.0 Å². The molecular weight excluding hydrogens is 260 g/mol. The van der Waals surface area contributed by atoms with Gasteiger partial charge in [-0.3, -0.25) is 9.36 Å². The first-order valence-electron chi connectivity index (χ1n) is 5.84. The molecule has 0 unspecified atom stereocenters. The van der Waals surface area contributed by atoms with Crippen LogP contribution in [-0.2, 0) is 0 Å². The molecule has 2 aromatic heterocycles. The number of pyridine rings is 1. The number of phenolic OH excluding ortho intramolecular Hbond substituents is 1. The van der Waals surface area contributed by atoms with E-state index in [-0.39, 0.29) is 17.0 Å². The van der Waals surface area contributed by atoms with E-state index in [1.165, 1.54) is 28.8 Å². The number of H-pyrrole nitrogens is 1. The molecule has 20 heavy (non-hydrogen) atoms. The predicted molar refractivity (Wildman–Crippen MR) is 72.5 cm³/mol. The largest absolute Gasteiger partial charge is 0.508 e. The third-order valence-electron chi connectivity index (χ3n) is 2.99. The van der Waals surface area contributed by atoms with E-state index < -0.39 is 5.97 Å². The number of aromatic nitrogens is 2. The van der Waals surface area contributed by atoms with Crippen LogP contribution in [0.25, 0.3) is 16.7 Å². The highest BCUT2D eigenvalue weighted by Gasteiger charge is 2.12. The third-order valence-corrected chi connectivity index (χ3v) is 2.99. The maximum Gasteiger partial charge on any atom is 0.352 e. The fourth-order valence-corrected chi connectivity index (χ4v) is 2.12. The number of hydrogen-bond donors (Lipinski definition) is 3. The minimum absolute atomic E-state index is 0.000460. The summed E-state index contributed by atoms with van der Waals surface area (Å²) < 4.78 is 1.32. The number of phenols is 1. The molecular formula is C14H10N2O4. The molecule has 0 aliphatic rings. The lowest BCUT2D eigenvalue weighted by molar-refractivity contribution is 0.0691. The molecule has 0 radical (unpaired) electrons. The van der Waals surface area contributed by atoms with Crippen molar-refractivity contribution >= 4 is 17.0 Å². The van der Waals surface area contributed by atoms with E-state index in [1.807, 2.05) is 0 Å². The van der Waals surface area contributed by atoms with Gasteiger partial charge >= 0.3 is 5.97 Å². The molecule has 0 bridgehead atoms. The maximum absolute atomic E-state index is 12.0. The van der Waals surface area contributed by atoms with E-state index in [9.17, 15) is 14.7 Å². The zero-order chi connectivity index (χ0) is 14.3. The zero-order valence-electron chi connectivity index (χ0n) is 10.2. The second-order valence-corrected chi connectivity index (χ2v) is 4.32. The number of aromatic carboxylic acids is 1. The van der Waals surface area contributed by atoms with Gasteiger partial charge in [0.25, 0.3) is 5.56 Å². The smallest absolute Gasteiger partial charge is 0.352 e. The Balaban J connectivity index is 2.36. The number of hydrogen-bond acceptors (Lipinski definition) is 3. The number of nitrogens with one attached hydrogen (secondary N) is 1. The minimum atomic E-state index is -1.10. The van der Waals surface area contributed by atoms with Gasteiger partial charge < -0.3 is 15.2 Å². The Morgan fingerprint density at radius 3 is 2.65 bits per heavy atom. The molecule has 0 saturated heterocycles. The lowest BCUT2D eigenvalue weighted by atomic mass is 10.2. The van der Waals surface area contributed by atoms with E-state index in [0.29, 0.717) is 16.7 Å². The first-order valence-corrected chi connectivity index (χ1v) is 5.84. The summed E-state index contributed by atoms with van der Waals surface area (Å²) >= 11 is 0. The van der Waals surface area contributed by atoms with Crippen molar-refractivity contribution in [3.8, 4) is 11.4 Å². The second kappa shape index (κ2) is 4.27. The van der Waals surface area contributed by atoms with Gasteiger partial charge in [0, 0.05) is 17.5 Å². The van der Waals surface area contributed by atoms with Gasteiger partial charge in [-0.1, -0.05) is 6.07 Å². The number of carboxylic acids is 1. The van der Waals surface area contributed by atoms with Crippen LogP contribution in [0.15, 0.2) is 47.3 Å². The number of rotatable bonds is 2. The molecule has 1 aromatic carbocycles. The molecule has 0 aliphatic carbocycles. The van der Waals surface area contributed by atoms with Gasteiger partial charge in [0.05, 0.1) is 5.69 Å². The number of aromatic amines is 1. The van der Waals surface area contributed by atoms with Gasteiger partial charge in [0.15, 0.2) is 0 Å². The number of carbonyl (C=O) groups is 1. The maximum atomic E-state index is 12.0. The molecule has 6 heteroatoms. The van der Waals surface area contributed by atoms with Crippen LogP contribution < -0.4 is 5.56 Å². The second-order valence-electron chi connectivity index (χ2n) is 4.32. The van der Waals surface area contributed by atoms with Crippen LogP contribution in [0.4, 0.5) is 0 Å². The highest BCUT2D eigenvalue weighted by Crippen LogP contribution is 2.19. The van der Waals surface area contributed by atoms with Gasteiger partial charge in [-0.2, -0.15) is 0 Å². The molecule has 0 amide bonds. The van der Waals surface area contributed by atoms with Crippen LogP contribution in [0.2, 0.25) is 0 Å². The lowest BCUT2D eigenvalue weighted by Gasteiger charge is -2.07. The van der Waals surface area contributed by atoms with Crippen molar-refractivity contribution in [2.24, 2.45) is 0 Å². The molecule has 100 valence electrons. The molecule has 0 aliphatic heterocycles. The molecule has 0 fully saturated rings. The van der Waals surface area contributed by atoms with E-state index in [2.05, 4.69) is 4.98 Å². The van der Waals surface area contributed by atoms with E-state index in [0.717, 1.165) is 0 Å². The molecule has 6 nitrogen and oxygen atoms in total. The average Bonchev–Trinajstić information content (AvgIpc) is 2.82. The molecule has 0 saturated carbocycles. The number of carboxylic acid groups (broad SMARTS) is 1. The van der Waals surface area contributed by atoms with Crippen LogP contribution in [0.3, 0.4) is 0 Å². The van der Waals surface area contributed by atoms with E-state index >= 15 is 0 Å². The molecule has 2 heterocycles. The third kappa shape index (κ3) is 1.83. The number of nitrogens with zero attached hydrogens (tertiary/aromatic N) is 1. The van der Waals surface area contributed by atoms with Gasteiger partial charge in [0.1, 0.15) is 17.1 Å². The Bertz CT molecular complexity index is 876. The van der Waals surface area contributed by atoms with Gasteiger partial charge in [-0.25, -0.2) is 4.79 Å². The molecule has 0 atom stereocenters. The number of benzene rings is 1. The number of fused-ring (bicyclic) bond motifs is 1. The Hall–Kier alpha value is -3.02. The lowest BCUT2D eigenvalue weighted by Crippen LogP contribution is -2.17. The topological polar surface area (TPSA) is 95.3 Å². The Labute approximate surface area is 112 Å². The summed E-state index contributed by atoms with van der Waals surface area (Å²) in [6.07, 6.45) is 0. The fourth-order valence-electron chi connectivity index (χ4n) is 2.12. The van der Waals surface area contributed by atoms with Gasteiger partial charge in [0.2, 0.25) is 0 Å². The summed E-state index contributed by atoms with van der Waals surface area (Å²) in [6, 6.07) is 10.6. The van der Waals surface area contributed by atoms with Gasteiger partial charge in [-0.15, -0.1) is 0 Å². The van der Waals surface area contributed by atoms with Crippen LogP contribution in [-0.4, -0.2) is 25.7 Å². The first kappa shape index (κ1) is 12.0. The first-order chi connectivity index (χ1) is 9.56. The van der Waals surface area contributed by atoms with E-state index in [1.54, 1.807) is 18.2 Å². The normalized spacial score (nSPS) is 10.8. The molecule has 3 N–H and O–H groups in total. The standard InChI is InChI=1S/C14H10N2O4/c17-10-3-1-2-9(7-10)16-12(18)5-4-8-6-11(14(19)20)15-13(8)16/h1-7,15,17H,(H,19,20). The molecule has 3 rings (SSSR count).